The average molecular weight is 478 g/mol. The number of alkyl halides is 3. The minimum Gasteiger partial charge on any atom is -0.332 e. The molecule has 0 aliphatic carbocycles. The van der Waals surface area contributed by atoms with Gasteiger partial charge in [-0.3, -0.25) is 14.9 Å². The maximum absolute atomic E-state index is 13.2. The molecule has 0 amide bonds. The van der Waals surface area contributed by atoms with E-state index in [1.54, 1.807) is 7.05 Å². The number of anilines is 1. The number of fused-ring (bicyclic) bond motifs is 1. The molecule has 7 nitrogen and oxygen atoms in total. The standard InChI is InChI=1S/C22H21F3N4O3S/c1-26-18-10-14(9-13-5-3-2-4-6-13)7-8-28(18)21-27-20(30)16-11-15(22(23,24)25)12-17(29(31)32)19(16)33-21/h2-6,11-12,14,18,26H,7-10H2,1H3. The first kappa shape index (κ1) is 23.1. The fourth-order valence-corrected chi connectivity index (χ4v) is 5.38. The molecule has 1 fully saturated rings. The van der Waals surface area contributed by atoms with Gasteiger partial charge in [0.15, 0.2) is 5.13 Å². The topological polar surface area (TPSA) is 88.4 Å². The molecule has 1 N–H and O–H groups in total. The van der Waals surface area contributed by atoms with Crippen LogP contribution in [0, 0.1) is 16.0 Å². The third-order valence-electron chi connectivity index (χ3n) is 5.87. The van der Waals surface area contributed by atoms with Crippen molar-refractivity contribution in [3.05, 3.63) is 74.1 Å². The van der Waals surface area contributed by atoms with E-state index in [1.807, 2.05) is 23.1 Å². The largest absolute Gasteiger partial charge is 0.416 e. The van der Waals surface area contributed by atoms with Gasteiger partial charge < -0.3 is 10.2 Å². The van der Waals surface area contributed by atoms with Crippen molar-refractivity contribution in [2.45, 2.75) is 31.6 Å². The van der Waals surface area contributed by atoms with Crippen LogP contribution >= 0.6 is 11.3 Å². The van der Waals surface area contributed by atoms with Gasteiger partial charge in [0.05, 0.1) is 22.0 Å². The van der Waals surface area contributed by atoms with Crippen molar-refractivity contribution in [1.82, 2.24) is 10.3 Å². The molecular weight excluding hydrogens is 457 g/mol. The quantitative estimate of drug-likeness (QED) is 0.426. The Kier molecular flexibility index (Phi) is 6.35. The molecule has 1 saturated heterocycles. The fraction of sp³-hybridized carbons (Fsp3) is 0.364. The van der Waals surface area contributed by atoms with Crippen molar-refractivity contribution in [1.29, 1.82) is 0 Å². The van der Waals surface area contributed by atoms with Crippen LogP contribution in [0.5, 0.6) is 0 Å². The van der Waals surface area contributed by atoms with Gasteiger partial charge in [-0.05, 0) is 43.9 Å². The van der Waals surface area contributed by atoms with Crippen LogP contribution in [0.3, 0.4) is 0 Å². The Labute approximate surface area is 191 Å². The lowest BCUT2D eigenvalue weighted by Gasteiger charge is -2.39. The lowest BCUT2D eigenvalue weighted by molar-refractivity contribution is -0.383. The molecule has 2 aromatic carbocycles. The number of nitrogens with zero attached hydrogens (tertiary/aromatic N) is 3. The van der Waals surface area contributed by atoms with Crippen molar-refractivity contribution in [2.75, 3.05) is 18.5 Å². The number of piperidine rings is 1. The Morgan fingerprint density at radius 2 is 2.00 bits per heavy atom. The number of benzene rings is 2. The minimum absolute atomic E-state index is 0.107. The highest BCUT2D eigenvalue weighted by atomic mass is 32.1. The number of hydrogen-bond acceptors (Lipinski definition) is 7. The molecule has 1 aliphatic rings. The highest BCUT2D eigenvalue weighted by Crippen LogP contribution is 2.39. The molecule has 174 valence electrons. The van der Waals surface area contributed by atoms with Crippen molar-refractivity contribution in [3.8, 4) is 0 Å². The van der Waals surface area contributed by atoms with Crippen LogP contribution in [-0.2, 0) is 12.6 Å². The number of hydrogen-bond donors (Lipinski definition) is 1. The van der Waals surface area contributed by atoms with Gasteiger partial charge in [-0.1, -0.05) is 41.7 Å². The van der Waals surface area contributed by atoms with E-state index in [-0.39, 0.29) is 16.0 Å². The fourth-order valence-electron chi connectivity index (χ4n) is 4.24. The summed E-state index contributed by atoms with van der Waals surface area (Å²) in [6.45, 7) is 0.561. The molecule has 1 aromatic heterocycles. The van der Waals surface area contributed by atoms with Crippen LogP contribution in [0.2, 0.25) is 0 Å². The number of nitrogens with one attached hydrogen (secondary N) is 1. The Balaban J connectivity index is 1.68. The average Bonchev–Trinajstić information content (AvgIpc) is 2.78. The molecule has 4 rings (SSSR count). The van der Waals surface area contributed by atoms with Gasteiger partial charge in [-0.2, -0.15) is 18.2 Å². The van der Waals surface area contributed by atoms with E-state index >= 15 is 0 Å². The third kappa shape index (κ3) is 4.83. The van der Waals surface area contributed by atoms with E-state index in [1.165, 1.54) is 5.56 Å². The zero-order valence-electron chi connectivity index (χ0n) is 17.6. The number of aromatic nitrogens is 1. The van der Waals surface area contributed by atoms with Gasteiger partial charge in [-0.15, -0.1) is 0 Å². The van der Waals surface area contributed by atoms with E-state index in [2.05, 4.69) is 22.4 Å². The molecule has 33 heavy (non-hydrogen) atoms. The molecule has 2 unspecified atom stereocenters. The van der Waals surface area contributed by atoms with Crippen molar-refractivity contribution >= 4 is 32.2 Å². The normalized spacial score (nSPS) is 19.1. The predicted octanol–water partition coefficient (Wildman–Crippen LogP) is 4.59. The van der Waals surface area contributed by atoms with Crippen molar-refractivity contribution in [2.24, 2.45) is 5.92 Å². The molecule has 0 spiro atoms. The number of non-ortho nitro benzene ring substituents is 1. The molecule has 11 heteroatoms. The summed E-state index contributed by atoms with van der Waals surface area (Å²) in [7, 11) is 1.78. The van der Waals surface area contributed by atoms with Crippen LogP contribution in [-0.4, -0.2) is 29.7 Å². The highest BCUT2D eigenvalue weighted by molar-refractivity contribution is 7.22. The summed E-state index contributed by atoms with van der Waals surface area (Å²) in [5, 5.41) is 14.6. The van der Waals surface area contributed by atoms with Crippen molar-refractivity contribution < 1.29 is 18.1 Å². The van der Waals surface area contributed by atoms with E-state index in [0.29, 0.717) is 24.6 Å². The second kappa shape index (κ2) is 9.06. The van der Waals surface area contributed by atoms with Gasteiger partial charge in [0.2, 0.25) is 0 Å². The minimum atomic E-state index is -4.81. The molecule has 2 heterocycles. The van der Waals surface area contributed by atoms with Crippen molar-refractivity contribution in [3.63, 3.8) is 0 Å². The first-order valence-electron chi connectivity index (χ1n) is 10.4. The molecule has 0 radical (unpaired) electrons. The smallest absolute Gasteiger partial charge is 0.332 e. The van der Waals surface area contributed by atoms with Crippen LogP contribution in [0.15, 0.2) is 47.3 Å². The first-order valence-corrected chi connectivity index (χ1v) is 11.2. The van der Waals surface area contributed by atoms with Crippen LogP contribution in [0.1, 0.15) is 24.0 Å². The van der Waals surface area contributed by atoms with Gasteiger partial charge in [-0.25, -0.2) is 0 Å². The van der Waals surface area contributed by atoms with Crippen LogP contribution in [0.25, 0.3) is 10.1 Å². The summed E-state index contributed by atoms with van der Waals surface area (Å²) >= 11 is 0.872. The molecule has 0 saturated carbocycles. The summed E-state index contributed by atoms with van der Waals surface area (Å²) in [5.74, 6) is 0.391. The number of rotatable bonds is 5. The second-order valence-electron chi connectivity index (χ2n) is 8.01. The maximum atomic E-state index is 13.2. The van der Waals surface area contributed by atoms with Gasteiger partial charge >= 0.3 is 6.18 Å². The lowest BCUT2D eigenvalue weighted by Crippen LogP contribution is -2.50. The summed E-state index contributed by atoms with van der Waals surface area (Å²) in [4.78, 5) is 29.2. The SMILES string of the molecule is CNC1CC(Cc2ccccc2)CCN1c1nc(=O)c2cc(C(F)(F)F)cc([N+](=O)[O-])c2s1. The molecule has 3 aromatic rings. The Morgan fingerprint density at radius 1 is 1.27 bits per heavy atom. The Bertz CT molecular complexity index is 1230. The number of nitro benzene ring substituents is 1. The van der Waals surface area contributed by atoms with E-state index < -0.39 is 33.3 Å². The molecule has 2 atom stereocenters. The van der Waals surface area contributed by atoms with E-state index in [4.69, 9.17) is 0 Å². The summed E-state index contributed by atoms with van der Waals surface area (Å²) in [6.07, 6.45) is -2.49. The maximum Gasteiger partial charge on any atom is 0.416 e. The second-order valence-corrected chi connectivity index (χ2v) is 8.98. The van der Waals surface area contributed by atoms with Gasteiger partial charge in [0.1, 0.15) is 4.70 Å². The zero-order valence-corrected chi connectivity index (χ0v) is 18.4. The van der Waals surface area contributed by atoms with E-state index in [0.717, 1.165) is 30.6 Å². The molecule has 1 aliphatic heterocycles. The zero-order chi connectivity index (χ0) is 23.8. The summed E-state index contributed by atoms with van der Waals surface area (Å²) < 4.78 is 39.5. The molecular formula is C22H21F3N4O3S. The first-order chi connectivity index (χ1) is 15.7. The van der Waals surface area contributed by atoms with Crippen LogP contribution in [0.4, 0.5) is 24.0 Å². The monoisotopic (exact) mass is 478 g/mol. The lowest BCUT2D eigenvalue weighted by atomic mass is 9.88. The third-order valence-corrected chi connectivity index (χ3v) is 7.01. The Hall–Kier alpha value is -3.05. The molecule has 0 bridgehead atoms. The van der Waals surface area contributed by atoms with E-state index in [9.17, 15) is 28.1 Å². The highest BCUT2D eigenvalue weighted by Gasteiger charge is 2.35. The number of halogens is 3. The summed E-state index contributed by atoms with van der Waals surface area (Å²) in [5.41, 5.74) is -1.66. The Morgan fingerprint density at radius 3 is 2.64 bits per heavy atom. The van der Waals surface area contributed by atoms with Gasteiger partial charge in [0.25, 0.3) is 11.2 Å². The number of nitro groups is 1. The predicted molar refractivity (Wildman–Crippen MR) is 121 cm³/mol. The summed E-state index contributed by atoms with van der Waals surface area (Å²) in [6, 6.07) is 11.2. The van der Waals surface area contributed by atoms with Crippen LogP contribution < -0.4 is 15.8 Å². The van der Waals surface area contributed by atoms with Gasteiger partial charge in [0, 0.05) is 12.6 Å².